The Labute approximate surface area is 167 Å². The van der Waals surface area contributed by atoms with Crippen molar-refractivity contribution in [3.63, 3.8) is 0 Å². The molecule has 0 aliphatic rings. The van der Waals surface area contributed by atoms with Crippen LogP contribution in [-0.4, -0.2) is 44.4 Å². The lowest BCUT2D eigenvalue weighted by Gasteiger charge is -2.16. The number of pyridine rings is 1. The Kier molecular flexibility index (Phi) is 7.24. The molecule has 1 aromatic heterocycles. The summed E-state index contributed by atoms with van der Waals surface area (Å²) in [7, 11) is 2.93. The predicted octanol–water partition coefficient (Wildman–Crippen LogP) is 2.28. The molecule has 0 saturated heterocycles. The van der Waals surface area contributed by atoms with Crippen molar-refractivity contribution in [1.29, 1.82) is 0 Å². The second-order valence-electron chi connectivity index (χ2n) is 5.87. The highest BCUT2D eigenvalue weighted by Gasteiger charge is 2.22. The number of methoxy groups -OCH3 is 2. The highest BCUT2D eigenvalue weighted by atomic mass is 16.6. The Morgan fingerprint density at radius 3 is 2.21 bits per heavy atom. The first-order chi connectivity index (χ1) is 13.9. The maximum Gasteiger partial charge on any atom is 0.347 e. The minimum atomic E-state index is -0.814. The number of hydrogen-bond donors (Lipinski definition) is 2. The van der Waals surface area contributed by atoms with Crippen molar-refractivity contribution < 1.29 is 28.5 Å². The molecule has 0 atom stereocenters. The van der Waals surface area contributed by atoms with Gasteiger partial charge in [-0.2, -0.15) is 0 Å². The molecule has 2 aromatic rings. The van der Waals surface area contributed by atoms with Crippen LogP contribution in [0.5, 0.6) is 11.5 Å². The molecule has 1 heterocycles. The van der Waals surface area contributed by atoms with E-state index in [1.54, 1.807) is 26.8 Å². The van der Waals surface area contributed by atoms with Crippen molar-refractivity contribution in [3.05, 3.63) is 39.8 Å². The van der Waals surface area contributed by atoms with Gasteiger partial charge in [-0.15, -0.1) is 0 Å². The number of carbonyl (C=O) groups is 2. The van der Waals surface area contributed by atoms with Gasteiger partial charge in [0.2, 0.25) is 5.56 Å². The molecule has 2 rings (SSSR count). The van der Waals surface area contributed by atoms with E-state index in [1.807, 2.05) is 0 Å². The minimum absolute atomic E-state index is 0.106. The van der Waals surface area contributed by atoms with E-state index in [-0.39, 0.29) is 24.3 Å². The van der Waals surface area contributed by atoms with Gasteiger partial charge in [-0.05, 0) is 26.3 Å². The van der Waals surface area contributed by atoms with Gasteiger partial charge in [0.1, 0.15) is 5.75 Å². The van der Waals surface area contributed by atoms with Crippen molar-refractivity contribution in [1.82, 2.24) is 4.98 Å². The lowest BCUT2D eigenvalue weighted by atomic mass is 10.1. The average molecular weight is 404 g/mol. The zero-order valence-corrected chi connectivity index (χ0v) is 17.0. The first-order valence-electron chi connectivity index (χ1n) is 8.97. The third kappa shape index (κ3) is 4.68. The van der Waals surface area contributed by atoms with Gasteiger partial charge in [-0.25, -0.2) is 9.59 Å². The summed E-state index contributed by atoms with van der Waals surface area (Å²) in [6.07, 6.45) is 1.19. The van der Waals surface area contributed by atoms with Gasteiger partial charge in [0.15, 0.2) is 11.3 Å². The summed E-state index contributed by atoms with van der Waals surface area (Å²) < 4.78 is 20.8. The van der Waals surface area contributed by atoms with Crippen molar-refractivity contribution in [2.75, 3.05) is 32.8 Å². The van der Waals surface area contributed by atoms with Gasteiger partial charge >= 0.3 is 11.9 Å². The smallest absolute Gasteiger partial charge is 0.347 e. The van der Waals surface area contributed by atoms with Crippen LogP contribution in [0, 0.1) is 6.92 Å². The molecular formula is C20H24N2O7. The zero-order valence-electron chi connectivity index (χ0n) is 17.0. The number of H-pyrrole nitrogens is 1. The highest BCUT2D eigenvalue weighted by molar-refractivity contribution is 6.14. The molecule has 0 saturated carbocycles. The first-order valence-corrected chi connectivity index (χ1v) is 8.97. The van der Waals surface area contributed by atoms with Crippen LogP contribution in [0.2, 0.25) is 0 Å². The predicted molar refractivity (Wildman–Crippen MR) is 107 cm³/mol. The highest BCUT2D eigenvalue weighted by Crippen LogP contribution is 2.40. The number of aromatic nitrogens is 1. The fourth-order valence-corrected chi connectivity index (χ4v) is 2.82. The molecule has 0 fully saturated rings. The molecule has 0 radical (unpaired) electrons. The molecule has 1 aromatic carbocycles. The van der Waals surface area contributed by atoms with E-state index in [9.17, 15) is 14.4 Å². The van der Waals surface area contributed by atoms with Crippen LogP contribution in [0.1, 0.15) is 19.4 Å². The Morgan fingerprint density at radius 1 is 1.07 bits per heavy atom. The molecule has 0 unspecified atom stereocenters. The number of aromatic amines is 1. The second kappa shape index (κ2) is 9.63. The fraction of sp³-hybridized carbons (Fsp3) is 0.350. The Morgan fingerprint density at radius 2 is 1.69 bits per heavy atom. The Balaban J connectivity index is 2.62. The summed E-state index contributed by atoms with van der Waals surface area (Å²) in [5, 5.41) is 3.51. The topological polar surface area (TPSA) is 116 Å². The number of fused-ring (bicyclic) bond motifs is 1. The zero-order chi connectivity index (χ0) is 21.6. The van der Waals surface area contributed by atoms with Gasteiger partial charge in [0.05, 0.1) is 38.6 Å². The van der Waals surface area contributed by atoms with Crippen LogP contribution in [0.25, 0.3) is 10.9 Å². The number of hydrogen-bond acceptors (Lipinski definition) is 8. The largest absolute Gasteiger partial charge is 0.494 e. The molecular weight excluding hydrogens is 380 g/mol. The summed E-state index contributed by atoms with van der Waals surface area (Å²) in [5.74, 6) is -0.847. The van der Waals surface area contributed by atoms with Gasteiger partial charge in [0.25, 0.3) is 0 Å². The third-order valence-corrected chi connectivity index (χ3v) is 4.02. The third-order valence-electron chi connectivity index (χ3n) is 4.02. The maximum atomic E-state index is 12.1. The molecule has 0 spiro atoms. The summed E-state index contributed by atoms with van der Waals surface area (Å²) in [5.41, 5.74) is 0.983. The summed E-state index contributed by atoms with van der Waals surface area (Å²) in [6, 6.07) is 3.02. The monoisotopic (exact) mass is 404 g/mol. The number of benzene rings is 1. The quantitative estimate of drug-likeness (QED) is 0.298. The van der Waals surface area contributed by atoms with E-state index >= 15 is 0 Å². The van der Waals surface area contributed by atoms with Crippen LogP contribution in [0.15, 0.2) is 28.7 Å². The number of aryl methyl sites for hydroxylation is 1. The van der Waals surface area contributed by atoms with E-state index in [0.29, 0.717) is 33.7 Å². The van der Waals surface area contributed by atoms with Crippen molar-refractivity contribution in [2.45, 2.75) is 20.8 Å². The fourth-order valence-electron chi connectivity index (χ4n) is 2.82. The van der Waals surface area contributed by atoms with Gasteiger partial charge < -0.3 is 29.2 Å². The summed E-state index contributed by atoms with van der Waals surface area (Å²) >= 11 is 0. The molecule has 0 amide bonds. The van der Waals surface area contributed by atoms with Crippen molar-refractivity contribution in [2.24, 2.45) is 0 Å². The van der Waals surface area contributed by atoms with Gasteiger partial charge in [-0.1, -0.05) is 0 Å². The summed E-state index contributed by atoms with van der Waals surface area (Å²) in [6.45, 7) is 5.25. The number of esters is 2. The second-order valence-corrected chi connectivity index (χ2v) is 5.87. The molecule has 2 N–H and O–H groups in total. The lowest BCUT2D eigenvalue weighted by Crippen LogP contribution is -2.19. The van der Waals surface area contributed by atoms with Gasteiger partial charge in [-0.3, -0.25) is 4.79 Å². The minimum Gasteiger partial charge on any atom is -0.494 e. The average Bonchev–Trinajstić information content (AvgIpc) is 2.67. The van der Waals surface area contributed by atoms with Crippen LogP contribution < -0.4 is 20.3 Å². The molecule has 29 heavy (non-hydrogen) atoms. The van der Waals surface area contributed by atoms with Crippen molar-refractivity contribution >= 4 is 28.5 Å². The molecule has 0 bridgehead atoms. The molecule has 9 nitrogen and oxygen atoms in total. The van der Waals surface area contributed by atoms with Crippen molar-refractivity contribution in [3.8, 4) is 11.5 Å². The van der Waals surface area contributed by atoms with E-state index in [0.717, 1.165) is 0 Å². The molecule has 0 aliphatic carbocycles. The molecule has 9 heteroatoms. The Bertz CT molecular complexity index is 988. The number of anilines is 1. The number of nitrogens with one attached hydrogen (secondary N) is 2. The van der Waals surface area contributed by atoms with Crippen LogP contribution >= 0.6 is 0 Å². The maximum absolute atomic E-state index is 12.1. The van der Waals surface area contributed by atoms with Crippen LogP contribution in [0.3, 0.4) is 0 Å². The first kappa shape index (κ1) is 21.8. The van der Waals surface area contributed by atoms with Crippen LogP contribution in [0.4, 0.5) is 5.69 Å². The standard InChI is InChI=1S/C20H24N2O7/c1-6-28-19(24)12(20(25)29-7-2)10-21-13-9-14(26-4)17-16(18(13)27-5)11(3)8-15(23)22-17/h8-10,21H,6-7H2,1-5H3,(H,22,23). The summed E-state index contributed by atoms with van der Waals surface area (Å²) in [4.78, 5) is 38.9. The number of ether oxygens (including phenoxy) is 4. The van der Waals surface area contributed by atoms with E-state index < -0.39 is 11.9 Å². The molecule has 0 aliphatic heterocycles. The lowest BCUT2D eigenvalue weighted by molar-refractivity contribution is -0.146. The SMILES string of the molecule is CCOC(=O)C(=CNc1cc(OC)c2[nH]c(=O)cc(C)c2c1OC)C(=O)OCC. The normalized spacial score (nSPS) is 10.2. The van der Waals surface area contributed by atoms with Crippen LogP contribution in [-0.2, 0) is 19.1 Å². The Hall–Kier alpha value is -3.49. The van der Waals surface area contributed by atoms with E-state index in [1.165, 1.54) is 26.5 Å². The van der Waals surface area contributed by atoms with E-state index in [4.69, 9.17) is 18.9 Å². The van der Waals surface area contributed by atoms with Gasteiger partial charge in [0, 0.05) is 23.7 Å². The number of rotatable bonds is 8. The number of carbonyl (C=O) groups excluding carboxylic acids is 2. The van der Waals surface area contributed by atoms with E-state index in [2.05, 4.69) is 10.3 Å². The molecule has 156 valence electrons.